The molecule has 0 aliphatic carbocycles. The number of fused-ring (bicyclic) bond motifs is 1. The van der Waals surface area contributed by atoms with E-state index in [1.165, 1.54) is 0 Å². The van der Waals surface area contributed by atoms with Gasteiger partial charge < -0.3 is 14.8 Å². The van der Waals surface area contributed by atoms with Crippen molar-refractivity contribution in [1.82, 2.24) is 14.9 Å². The number of carbonyl (C=O) groups is 1. The summed E-state index contributed by atoms with van der Waals surface area (Å²) in [4.78, 5) is 34.9. The molecule has 0 atom stereocenters. The van der Waals surface area contributed by atoms with Crippen molar-refractivity contribution < 1.29 is 13.6 Å². The van der Waals surface area contributed by atoms with Crippen LogP contribution >= 0.6 is 0 Å². The zero-order valence-corrected chi connectivity index (χ0v) is 17.0. The molecule has 1 fully saturated rings. The summed E-state index contributed by atoms with van der Waals surface area (Å²) in [6, 6.07) is 9.16. The smallest absolute Gasteiger partial charge is 0.262 e. The van der Waals surface area contributed by atoms with Gasteiger partial charge in [0.05, 0.1) is 11.1 Å². The lowest BCUT2D eigenvalue weighted by molar-refractivity contribution is -0.130. The quantitative estimate of drug-likeness (QED) is 0.701. The van der Waals surface area contributed by atoms with E-state index in [9.17, 15) is 18.4 Å². The SMILES string of the molecule is CC(=O)N1CCN(c2ccc(-c3nc4cc(F)cc(F)c4c(=O)[nH]3)cc2)C(C)(C)C1. The van der Waals surface area contributed by atoms with Crippen LogP contribution in [0, 0.1) is 11.6 Å². The lowest BCUT2D eigenvalue weighted by atomic mass is 9.97. The number of H-pyrrole nitrogens is 1. The average Bonchev–Trinajstić information content (AvgIpc) is 2.66. The Kier molecular flexibility index (Phi) is 4.80. The molecule has 2 aromatic carbocycles. The largest absolute Gasteiger partial charge is 0.363 e. The average molecular weight is 412 g/mol. The number of hydrogen-bond donors (Lipinski definition) is 1. The summed E-state index contributed by atoms with van der Waals surface area (Å²) >= 11 is 0. The van der Waals surface area contributed by atoms with Gasteiger partial charge in [-0.2, -0.15) is 0 Å². The fourth-order valence-corrected chi connectivity index (χ4v) is 4.03. The van der Waals surface area contributed by atoms with E-state index in [4.69, 9.17) is 0 Å². The van der Waals surface area contributed by atoms with Crippen molar-refractivity contribution >= 4 is 22.5 Å². The molecule has 1 aromatic heterocycles. The molecule has 1 saturated heterocycles. The molecule has 1 amide bonds. The van der Waals surface area contributed by atoms with Crippen LogP contribution in [0.1, 0.15) is 20.8 Å². The Labute approximate surface area is 172 Å². The summed E-state index contributed by atoms with van der Waals surface area (Å²) in [6.45, 7) is 7.73. The molecule has 30 heavy (non-hydrogen) atoms. The van der Waals surface area contributed by atoms with E-state index < -0.39 is 17.2 Å². The number of nitrogens with one attached hydrogen (secondary N) is 1. The molecule has 4 rings (SSSR count). The Bertz CT molecular complexity index is 1190. The van der Waals surface area contributed by atoms with Gasteiger partial charge in [-0.1, -0.05) is 0 Å². The van der Waals surface area contributed by atoms with E-state index in [1.807, 2.05) is 29.2 Å². The van der Waals surface area contributed by atoms with E-state index in [0.29, 0.717) is 31.3 Å². The van der Waals surface area contributed by atoms with Crippen molar-refractivity contribution in [2.24, 2.45) is 0 Å². The highest BCUT2D eigenvalue weighted by molar-refractivity contribution is 5.80. The van der Waals surface area contributed by atoms with Crippen molar-refractivity contribution in [3.05, 3.63) is 58.4 Å². The van der Waals surface area contributed by atoms with Gasteiger partial charge in [0, 0.05) is 49.9 Å². The summed E-state index contributed by atoms with van der Waals surface area (Å²) in [5, 5.41) is -0.262. The number of nitrogens with zero attached hydrogens (tertiary/aromatic N) is 3. The Hall–Kier alpha value is -3.29. The summed E-state index contributed by atoms with van der Waals surface area (Å²) in [6.07, 6.45) is 0. The van der Waals surface area contributed by atoms with Crippen molar-refractivity contribution in [2.75, 3.05) is 24.5 Å². The highest BCUT2D eigenvalue weighted by atomic mass is 19.1. The van der Waals surface area contributed by atoms with Gasteiger partial charge in [0.25, 0.3) is 5.56 Å². The molecule has 1 aliphatic rings. The molecule has 8 heteroatoms. The number of carbonyl (C=O) groups excluding carboxylic acids is 1. The number of rotatable bonds is 2. The topological polar surface area (TPSA) is 69.3 Å². The van der Waals surface area contributed by atoms with E-state index in [2.05, 4.69) is 28.7 Å². The van der Waals surface area contributed by atoms with Gasteiger partial charge >= 0.3 is 0 Å². The number of aromatic amines is 1. The number of aromatic nitrogens is 2. The summed E-state index contributed by atoms with van der Waals surface area (Å²) < 4.78 is 27.5. The van der Waals surface area contributed by atoms with Gasteiger partial charge in [0.2, 0.25) is 5.91 Å². The molecule has 0 radical (unpaired) electrons. The van der Waals surface area contributed by atoms with Crippen molar-refractivity contribution in [1.29, 1.82) is 0 Å². The minimum Gasteiger partial charge on any atom is -0.363 e. The maximum Gasteiger partial charge on any atom is 0.262 e. The second-order valence-corrected chi connectivity index (χ2v) is 8.15. The lowest BCUT2D eigenvalue weighted by Gasteiger charge is -2.48. The molecule has 2 heterocycles. The Balaban J connectivity index is 1.66. The van der Waals surface area contributed by atoms with Crippen molar-refractivity contribution in [3.8, 4) is 11.4 Å². The van der Waals surface area contributed by atoms with Gasteiger partial charge in [0.15, 0.2) is 0 Å². The van der Waals surface area contributed by atoms with Gasteiger partial charge in [0.1, 0.15) is 22.8 Å². The second kappa shape index (κ2) is 7.19. The Morgan fingerprint density at radius 2 is 1.83 bits per heavy atom. The highest BCUT2D eigenvalue weighted by Crippen LogP contribution is 2.29. The third-order valence-electron chi connectivity index (χ3n) is 5.53. The van der Waals surface area contributed by atoms with Gasteiger partial charge in [-0.25, -0.2) is 13.8 Å². The third-order valence-corrected chi connectivity index (χ3v) is 5.53. The number of hydrogen-bond acceptors (Lipinski definition) is 4. The number of anilines is 1. The van der Waals surface area contributed by atoms with Crippen molar-refractivity contribution in [2.45, 2.75) is 26.3 Å². The fourth-order valence-electron chi connectivity index (χ4n) is 4.03. The summed E-state index contributed by atoms with van der Waals surface area (Å²) in [5.41, 5.74) is 0.681. The fraction of sp³-hybridized carbons (Fsp3) is 0.318. The van der Waals surface area contributed by atoms with Gasteiger partial charge in [-0.05, 0) is 38.1 Å². The first-order valence-corrected chi connectivity index (χ1v) is 9.68. The molecule has 1 aliphatic heterocycles. The number of piperazine rings is 1. The molecule has 156 valence electrons. The van der Waals surface area contributed by atoms with Crippen LogP contribution in [0.25, 0.3) is 22.3 Å². The molecule has 6 nitrogen and oxygen atoms in total. The van der Waals surface area contributed by atoms with Crippen LogP contribution in [0.2, 0.25) is 0 Å². The van der Waals surface area contributed by atoms with E-state index >= 15 is 0 Å². The van der Waals surface area contributed by atoms with Gasteiger partial charge in [-0.15, -0.1) is 0 Å². The maximum absolute atomic E-state index is 13.9. The normalized spacial score (nSPS) is 16.2. The lowest BCUT2D eigenvalue weighted by Crippen LogP contribution is -2.60. The van der Waals surface area contributed by atoms with Crippen LogP contribution in [0.5, 0.6) is 0 Å². The van der Waals surface area contributed by atoms with E-state index in [0.717, 1.165) is 11.8 Å². The Morgan fingerprint density at radius 3 is 2.47 bits per heavy atom. The zero-order valence-electron chi connectivity index (χ0n) is 17.0. The van der Waals surface area contributed by atoms with Crippen LogP contribution < -0.4 is 10.5 Å². The first-order valence-electron chi connectivity index (χ1n) is 9.68. The molecule has 1 N–H and O–H groups in total. The molecule has 0 spiro atoms. The minimum absolute atomic E-state index is 0.0307. The number of halogens is 2. The summed E-state index contributed by atoms with van der Waals surface area (Å²) in [7, 11) is 0. The van der Waals surface area contributed by atoms with Crippen LogP contribution in [0.4, 0.5) is 14.5 Å². The van der Waals surface area contributed by atoms with E-state index in [-0.39, 0.29) is 28.2 Å². The molecular weight excluding hydrogens is 390 g/mol. The van der Waals surface area contributed by atoms with Crippen molar-refractivity contribution in [3.63, 3.8) is 0 Å². The molecule has 3 aromatic rings. The number of amides is 1. The third kappa shape index (κ3) is 3.53. The van der Waals surface area contributed by atoms with Crippen LogP contribution in [0.15, 0.2) is 41.2 Å². The Morgan fingerprint density at radius 1 is 1.13 bits per heavy atom. The highest BCUT2D eigenvalue weighted by Gasteiger charge is 2.34. The first-order chi connectivity index (χ1) is 14.2. The van der Waals surface area contributed by atoms with Gasteiger partial charge in [-0.3, -0.25) is 9.59 Å². The van der Waals surface area contributed by atoms with Crippen LogP contribution in [-0.4, -0.2) is 45.9 Å². The molecule has 0 unspecified atom stereocenters. The first kappa shape index (κ1) is 20.0. The molecule has 0 saturated carbocycles. The monoisotopic (exact) mass is 412 g/mol. The van der Waals surface area contributed by atoms with Crippen LogP contribution in [-0.2, 0) is 4.79 Å². The second-order valence-electron chi connectivity index (χ2n) is 8.15. The van der Waals surface area contributed by atoms with Crippen LogP contribution in [0.3, 0.4) is 0 Å². The maximum atomic E-state index is 13.9. The predicted molar refractivity (Wildman–Crippen MR) is 111 cm³/mol. The molecular formula is C22H22F2N4O2. The summed E-state index contributed by atoms with van der Waals surface area (Å²) in [5.74, 6) is -1.42. The zero-order chi connectivity index (χ0) is 21.6. The predicted octanol–water partition coefficient (Wildman–Crippen LogP) is 3.32. The standard InChI is InChI=1S/C22H22F2N4O2/c1-13(29)27-8-9-28(22(2,3)12-27)16-6-4-14(5-7-16)20-25-18-11-15(23)10-17(24)19(18)21(30)26-20/h4-7,10-11H,8-9,12H2,1-3H3,(H,25,26,30). The minimum atomic E-state index is -0.937. The number of benzene rings is 2. The van der Waals surface area contributed by atoms with E-state index in [1.54, 1.807) is 6.92 Å². The molecule has 0 bridgehead atoms.